The fourth-order valence-corrected chi connectivity index (χ4v) is 17.4. The molecular formula is C43H48N4O6. The average Bonchev–Trinajstić information content (AvgIpc) is 4.04. The third-order valence-electron chi connectivity index (χ3n) is 17.9. The molecule has 1 N–H and O–H groups in total. The second-order valence-electron chi connectivity index (χ2n) is 19.2. The zero-order chi connectivity index (χ0) is 34.9. The van der Waals surface area contributed by atoms with Crippen molar-refractivity contribution in [2.75, 3.05) is 63.8 Å². The summed E-state index contributed by atoms with van der Waals surface area (Å²) in [4.78, 5) is 22.5. The molecule has 2 aromatic rings. The number of fused-ring (bicyclic) bond motifs is 7. The van der Waals surface area contributed by atoms with E-state index in [2.05, 4.69) is 62.5 Å². The summed E-state index contributed by atoms with van der Waals surface area (Å²) in [5.74, 6) is 0.769. The Morgan fingerprint density at radius 1 is 0.849 bits per heavy atom. The highest BCUT2D eigenvalue weighted by Crippen LogP contribution is 2.80. The lowest BCUT2D eigenvalue weighted by Gasteiger charge is -2.66. The van der Waals surface area contributed by atoms with Gasteiger partial charge in [-0.3, -0.25) is 9.80 Å². The van der Waals surface area contributed by atoms with E-state index >= 15 is 0 Å². The number of esters is 1. The summed E-state index contributed by atoms with van der Waals surface area (Å²) < 4.78 is 34.0. The van der Waals surface area contributed by atoms with E-state index in [-0.39, 0.29) is 69.2 Å². The lowest BCUT2D eigenvalue weighted by Crippen LogP contribution is -2.77. The Bertz CT molecular complexity index is 2110. The van der Waals surface area contributed by atoms with Gasteiger partial charge in [0.05, 0.1) is 60.2 Å². The first-order valence-corrected chi connectivity index (χ1v) is 20.4. The van der Waals surface area contributed by atoms with Crippen LogP contribution in [0.25, 0.3) is 0 Å². The van der Waals surface area contributed by atoms with Crippen LogP contribution < -0.4 is 15.0 Å². The van der Waals surface area contributed by atoms with Crippen molar-refractivity contribution in [1.29, 1.82) is 0 Å². The summed E-state index contributed by atoms with van der Waals surface area (Å²) in [7, 11) is 3.39. The summed E-state index contributed by atoms with van der Waals surface area (Å²) >= 11 is 0. The smallest absolute Gasteiger partial charge is 0.335 e. The molecule has 10 aliphatic heterocycles. The van der Waals surface area contributed by atoms with E-state index in [9.17, 15) is 4.79 Å². The normalized spacial score (nSPS) is 49.6. The molecule has 14 rings (SSSR count). The van der Waals surface area contributed by atoms with E-state index in [1.54, 1.807) is 7.11 Å². The summed E-state index contributed by atoms with van der Waals surface area (Å²) in [5, 5.41) is 3.81. The third kappa shape index (κ3) is 2.85. The van der Waals surface area contributed by atoms with Crippen LogP contribution in [0.1, 0.15) is 62.5 Å². The average molecular weight is 717 g/mol. The van der Waals surface area contributed by atoms with Crippen LogP contribution in [0.4, 0.5) is 11.4 Å². The second-order valence-corrected chi connectivity index (χ2v) is 19.2. The molecule has 1 saturated carbocycles. The topological polar surface area (TPSA) is 85.0 Å². The van der Waals surface area contributed by atoms with Crippen LogP contribution in [0, 0.1) is 16.2 Å². The van der Waals surface area contributed by atoms with Gasteiger partial charge in [0.15, 0.2) is 0 Å². The van der Waals surface area contributed by atoms with Crippen molar-refractivity contribution in [3.63, 3.8) is 0 Å². The number of anilines is 2. The minimum Gasteiger partial charge on any atom is -0.495 e. The van der Waals surface area contributed by atoms with E-state index in [0.717, 1.165) is 100 Å². The summed E-state index contributed by atoms with van der Waals surface area (Å²) in [6.07, 6.45) is 8.06. The van der Waals surface area contributed by atoms with Crippen LogP contribution in [0.5, 0.6) is 5.75 Å². The number of piperidine rings is 3. The van der Waals surface area contributed by atoms with Crippen LogP contribution in [0.2, 0.25) is 0 Å². The van der Waals surface area contributed by atoms with Gasteiger partial charge in [-0.25, -0.2) is 4.79 Å². The van der Waals surface area contributed by atoms with Crippen LogP contribution in [-0.4, -0.2) is 112 Å². The van der Waals surface area contributed by atoms with Gasteiger partial charge in [-0.15, -0.1) is 0 Å². The molecule has 276 valence electrons. The number of rotatable bonds is 2. The fourth-order valence-electron chi connectivity index (χ4n) is 17.4. The Hall–Kier alpha value is -3.15. The van der Waals surface area contributed by atoms with Crippen molar-refractivity contribution in [3.05, 3.63) is 64.9 Å². The highest BCUT2D eigenvalue weighted by atomic mass is 16.6. The molecule has 10 nitrogen and oxygen atoms in total. The maximum Gasteiger partial charge on any atom is 0.335 e. The molecule has 0 amide bonds. The number of hydrogen-bond donors (Lipinski definition) is 1. The largest absolute Gasteiger partial charge is 0.495 e. The predicted molar refractivity (Wildman–Crippen MR) is 194 cm³/mol. The maximum atomic E-state index is 14.0. The van der Waals surface area contributed by atoms with Gasteiger partial charge in [-0.1, -0.05) is 30.3 Å². The van der Waals surface area contributed by atoms with Crippen LogP contribution in [0.3, 0.4) is 0 Å². The van der Waals surface area contributed by atoms with Crippen LogP contribution in [0.15, 0.2) is 53.7 Å². The molecular weight excluding hydrogens is 668 g/mol. The fraction of sp³-hybridized carbons (Fsp3) is 0.651. The summed E-state index contributed by atoms with van der Waals surface area (Å²) in [6, 6.07) is 16.6. The number of carbonyl (C=O) groups excluding carboxylic acids is 1. The molecule has 9 fully saturated rings. The van der Waals surface area contributed by atoms with Crippen molar-refractivity contribution < 1.29 is 28.5 Å². The zero-order valence-electron chi connectivity index (χ0n) is 30.7. The van der Waals surface area contributed by atoms with Crippen molar-refractivity contribution >= 4 is 17.3 Å². The molecule has 12 atom stereocenters. The van der Waals surface area contributed by atoms with Crippen LogP contribution in [-0.2, 0) is 34.6 Å². The molecule has 0 radical (unpaired) electrons. The highest BCUT2D eigenvalue weighted by Gasteiger charge is 2.88. The van der Waals surface area contributed by atoms with E-state index < -0.39 is 0 Å². The molecule has 10 heteroatoms. The van der Waals surface area contributed by atoms with Gasteiger partial charge >= 0.3 is 5.97 Å². The quantitative estimate of drug-likeness (QED) is 0.454. The second kappa shape index (κ2) is 9.10. The van der Waals surface area contributed by atoms with E-state index in [1.807, 2.05) is 7.11 Å². The van der Waals surface area contributed by atoms with Gasteiger partial charge < -0.3 is 33.9 Å². The first-order valence-electron chi connectivity index (χ1n) is 20.4. The molecule has 12 aliphatic rings. The SMILES string of the molecule is COC(=O)C1=C2Nc3ccccc3[C@@]23CCN2C[C@]4(C[C@]56C[C@]78CCO[C@H]7CCN7CC[C@@]9(c%10cccc(OC)c%10N([C@@H]4O5)[C@@H]69)[C@@H]78)[C@@H]4OCC[C@]4(C1)[C@H]23. The van der Waals surface area contributed by atoms with E-state index in [1.165, 1.54) is 16.8 Å². The van der Waals surface area contributed by atoms with Crippen molar-refractivity contribution in [2.45, 2.75) is 104 Å². The minimum atomic E-state index is -0.329. The summed E-state index contributed by atoms with van der Waals surface area (Å²) in [6.45, 7) is 5.73. The van der Waals surface area contributed by atoms with Crippen molar-refractivity contribution in [3.8, 4) is 5.75 Å². The number of hydrogen-bond acceptors (Lipinski definition) is 10. The number of methoxy groups -OCH3 is 2. The lowest BCUT2D eigenvalue weighted by molar-refractivity contribution is -0.168. The number of benzene rings is 2. The van der Waals surface area contributed by atoms with Gasteiger partial charge in [0.25, 0.3) is 0 Å². The zero-order valence-corrected chi connectivity index (χ0v) is 30.7. The Morgan fingerprint density at radius 3 is 2.58 bits per heavy atom. The highest BCUT2D eigenvalue weighted by molar-refractivity contribution is 5.93. The van der Waals surface area contributed by atoms with E-state index in [4.69, 9.17) is 23.7 Å². The molecule has 0 aromatic heterocycles. The van der Waals surface area contributed by atoms with Gasteiger partial charge in [-0.2, -0.15) is 0 Å². The predicted octanol–water partition coefficient (Wildman–Crippen LogP) is 4.32. The van der Waals surface area contributed by atoms with Crippen LogP contribution >= 0.6 is 0 Å². The molecule has 6 spiro atoms. The van der Waals surface area contributed by atoms with Crippen molar-refractivity contribution in [1.82, 2.24) is 9.80 Å². The monoisotopic (exact) mass is 716 g/mol. The Morgan fingerprint density at radius 2 is 1.68 bits per heavy atom. The van der Waals surface area contributed by atoms with Gasteiger partial charge in [-0.05, 0) is 87.7 Å². The standard InChI is InChI=1S/C43H48N4O6/c1-49-28-9-5-7-26-30(28)47-35-41(21-39-14-18-51-29(39)10-15-45-16-12-43(26,35)34(39)45)22-40(37(47)53-41)23-46-17-11-42-25-6-3-4-8-27(25)44-31(42)24(32(48)50-2)20-38(33(42)46)13-19-52-36(38)40/h3-9,29,33-37,44H,10-23H2,1-2H3/t29-,33-,34-,35-,36+,37+,38-,39+,40+,41-,42-,43+/m0/s1. The summed E-state index contributed by atoms with van der Waals surface area (Å²) in [5.41, 5.74) is 5.99. The van der Waals surface area contributed by atoms with E-state index in [0.29, 0.717) is 19.1 Å². The number of para-hydroxylation sites is 2. The Balaban J connectivity index is 0.996. The Kier molecular flexibility index (Phi) is 5.17. The number of carbonyl (C=O) groups is 1. The first-order chi connectivity index (χ1) is 25.9. The molecule has 2 bridgehead atoms. The van der Waals surface area contributed by atoms with Gasteiger partial charge in [0.1, 0.15) is 12.0 Å². The maximum absolute atomic E-state index is 14.0. The molecule has 8 saturated heterocycles. The molecule has 10 heterocycles. The lowest BCUT2D eigenvalue weighted by atomic mass is 9.44. The first kappa shape index (κ1) is 30.1. The number of nitrogens with one attached hydrogen (secondary N) is 1. The molecule has 53 heavy (non-hydrogen) atoms. The van der Waals surface area contributed by atoms with Gasteiger partial charge in [0, 0.05) is 66.0 Å². The molecule has 2 aromatic carbocycles. The molecule has 2 aliphatic carbocycles. The minimum absolute atomic E-state index is 0.0340. The third-order valence-corrected chi connectivity index (χ3v) is 17.9. The number of nitrogens with zero attached hydrogens (tertiary/aromatic N) is 3. The number of ether oxygens (including phenoxy) is 5. The van der Waals surface area contributed by atoms with Gasteiger partial charge in [0.2, 0.25) is 0 Å². The van der Waals surface area contributed by atoms with Crippen molar-refractivity contribution in [2.24, 2.45) is 16.2 Å². The molecule has 0 unspecified atom stereocenters. The Labute approximate surface area is 310 Å².